The third kappa shape index (κ3) is 8.07. The number of hydrogen-bond donors (Lipinski definition) is 3. The molecule has 4 fully saturated rings. The van der Waals surface area contributed by atoms with Gasteiger partial charge in [0.15, 0.2) is 0 Å². The van der Waals surface area contributed by atoms with Gasteiger partial charge in [-0.25, -0.2) is 0 Å². The number of hydrogen-bond acceptors (Lipinski definition) is 8. The Kier molecular flexibility index (Phi) is 10.7. The zero-order valence-corrected chi connectivity index (χ0v) is 30.2. The maximum absolute atomic E-state index is 12.6. The summed E-state index contributed by atoms with van der Waals surface area (Å²) in [7, 11) is 1.50. The van der Waals surface area contributed by atoms with Crippen LogP contribution in [-0.2, 0) is 9.59 Å². The van der Waals surface area contributed by atoms with Crippen molar-refractivity contribution >= 4 is 40.0 Å². The molecule has 2 aliphatic carbocycles. The molecule has 0 spiro atoms. The standard InChI is InChI=1S/C23H33N3O2.C17H16N4O3/c1-17-15-19(7-8-20(17)21-9-10-22(27)24-23(21)28)26-13-11-25(12-14-26)16-18-5-3-2-4-6-18;1-24-15-8-14-10(9-18-20-14)7-12(15)16(22)19-13-3-2-6-21(17(13)23)11-4-5-11/h7-8,15,18,21H,2-6,9-14,16H2,1H3,(H,24,27,28);2-3,6-9,11H,4-5H2,1H3,(H,18,20)(H,19,22). The molecule has 4 aromatic rings. The van der Waals surface area contributed by atoms with Crippen LogP contribution in [0.4, 0.5) is 11.4 Å². The lowest BCUT2D eigenvalue weighted by molar-refractivity contribution is -0.134. The molecule has 0 bridgehead atoms. The number of nitrogens with zero attached hydrogens (tertiary/aromatic N) is 4. The van der Waals surface area contributed by atoms with Crippen LogP contribution in [0.25, 0.3) is 10.9 Å². The molecular formula is C40H49N7O5. The van der Waals surface area contributed by atoms with Crippen molar-refractivity contribution in [3.63, 3.8) is 0 Å². The quantitative estimate of drug-likeness (QED) is 0.203. The number of amides is 3. The Labute approximate surface area is 303 Å². The summed E-state index contributed by atoms with van der Waals surface area (Å²) in [5.41, 5.74) is 4.68. The molecule has 8 rings (SSSR count). The number of ether oxygens (including phenoxy) is 1. The van der Waals surface area contributed by atoms with Crippen LogP contribution in [0.15, 0.2) is 59.7 Å². The Morgan fingerprint density at radius 2 is 1.75 bits per heavy atom. The predicted molar refractivity (Wildman–Crippen MR) is 201 cm³/mol. The van der Waals surface area contributed by atoms with Crippen molar-refractivity contribution in [1.82, 2.24) is 25.0 Å². The highest BCUT2D eigenvalue weighted by Crippen LogP contribution is 2.34. The Balaban J connectivity index is 0.000000164. The number of aromatic nitrogens is 3. The molecule has 1 atom stereocenters. The van der Waals surface area contributed by atoms with E-state index in [1.165, 1.54) is 51.4 Å². The fraction of sp³-hybridized carbons (Fsp3) is 0.475. The molecule has 2 aromatic carbocycles. The zero-order chi connectivity index (χ0) is 36.2. The molecule has 4 heterocycles. The van der Waals surface area contributed by atoms with E-state index < -0.39 is 0 Å². The monoisotopic (exact) mass is 707 g/mol. The molecule has 52 heavy (non-hydrogen) atoms. The Bertz CT molecular complexity index is 1990. The first-order valence-corrected chi connectivity index (χ1v) is 18.7. The van der Waals surface area contributed by atoms with E-state index in [9.17, 15) is 19.2 Å². The molecule has 1 unspecified atom stereocenters. The number of pyridine rings is 1. The van der Waals surface area contributed by atoms with Gasteiger partial charge in [0.2, 0.25) is 11.8 Å². The zero-order valence-electron chi connectivity index (χ0n) is 30.2. The van der Waals surface area contributed by atoms with Gasteiger partial charge in [0.25, 0.3) is 11.5 Å². The first-order chi connectivity index (χ1) is 25.3. The first-order valence-electron chi connectivity index (χ1n) is 18.7. The molecule has 2 aliphatic heterocycles. The number of nitrogens with one attached hydrogen (secondary N) is 3. The molecule has 2 aromatic heterocycles. The lowest BCUT2D eigenvalue weighted by Crippen LogP contribution is -2.48. The molecule has 2 saturated heterocycles. The van der Waals surface area contributed by atoms with Crippen LogP contribution in [0.3, 0.4) is 0 Å². The summed E-state index contributed by atoms with van der Waals surface area (Å²) in [6, 6.07) is 13.5. The fourth-order valence-corrected chi connectivity index (χ4v) is 7.91. The average Bonchev–Trinajstić information content (AvgIpc) is 3.89. The number of piperazine rings is 1. The van der Waals surface area contributed by atoms with E-state index in [4.69, 9.17) is 4.74 Å². The van der Waals surface area contributed by atoms with Gasteiger partial charge in [-0.05, 0) is 86.4 Å². The van der Waals surface area contributed by atoms with Crippen LogP contribution in [0.5, 0.6) is 5.75 Å². The largest absolute Gasteiger partial charge is 0.496 e. The summed E-state index contributed by atoms with van der Waals surface area (Å²) in [6.07, 6.45) is 13.5. The normalized spacial score (nSPS) is 19.9. The third-order valence-electron chi connectivity index (χ3n) is 11.0. The molecule has 2 saturated carbocycles. The lowest BCUT2D eigenvalue weighted by atomic mass is 9.87. The number of aromatic amines is 1. The van der Waals surface area contributed by atoms with E-state index in [2.05, 4.69) is 55.8 Å². The van der Waals surface area contributed by atoms with Crippen molar-refractivity contribution in [2.24, 2.45) is 5.92 Å². The SMILES string of the molecule is COc1cc2[nH]ncc2cc1C(=O)Nc1cccn(C2CC2)c1=O.Cc1cc(N2CCN(CC3CCCCC3)CC2)ccc1C1CCC(=O)NC1=O. The molecule has 3 N–H and O–H groups in total. The summed E-state index contributed by atoms with van der Waals surface area (Å²) in [6.45, 7) is 7.80. The maximum Gasteiger partial charge on any atom is 0.274 e. The van der Waals surface area contributed by atoms with Crippen LogP contribution in [0, 0.1) is 12.8 Å². The van der Waals surface area contributed by atoms with E-state index in [1.807, 2.05) is 0 Å². The Morgan fingerprint density at radius 1 is 0.962 bits per heavy atom. The molecule has 3 amide bonds. The van der Waals surface area contributed by atoms with Crippen molar-refractivity contribution in [2.45, 2.75) is 76.7 Å². The highest BCUT2D eigenvalue weighted by molar-refractivity contribution is 6.08. The van der Waals surface area contributed by atoms with Gasteiger partial charge in [0, 0.05) is 68.5 Å². The van der Waals surface area contributed by atoms with E-state index >= 15 is 0 Å². The Morgan fingerprint density at radius 3 is 2.46 bits per heavy atom. The van der Waals surface area contributed by atoms with Gasteiger partial charge in [-0.1, -0.05) is 25.3 Å². The van der Waals surface area contributed by atoms with Gasteiger partial charge in [-0.15, -0.1) is 0 Å². The summed E-state index contributed by atoms with van der Waals surface area (Å²) < 4.78 is 6.96. The second kappa shape index (κ2) is 15.7. The number of carbonyl (C=O) groups is 3. The van der Waals surface area contributed by atoms with Gasteiger partial charge in [-0.3, -0.25) is 34.5 Å². The number of anilines is 2. The van der Waals surface area contributed by atoms with Crippen molar-refractivity contribution in [2.75, 3.05) is 50.1 Å². The van der Waals surface area contributed by atoms with Gasteiger partial charge in [-0.2, -0.15) is 5.10 Å². The second-order valence-electron chi connectivity index (χ2n) is 14.7. The topological polar surface area (TPSA) is 142 Å². The molecule has 4 aliphatic rings. The van der Waals surface area contributed by atoms with Gasteiger partial charge >= 0.3 is 0 Å². The number of methoxy groups -OCH3 is 1. The van der Waals surface area contributed by atoms with Crippen molar-refractivity contribution in [3.05, 3.63) is 81.9 Å². The van der Waals surface area contributed by atoms with Crippen LogP contribution < -0.4 is 25.8 Å². The number of imide groups is 1. The smallest absolute Gasteiger partial charge is 0.274 e. The molecule has 274 valence electrons. The van der Waals surface area contributed by atoms with Crippen LogP contribution in [0.1, 0.15) is 91.2 Å². The summed E-state index contributed by atoms with van der Waals surface area (Å²) >= 11 is 0. The number of H-pyrrole nitrogens is 1. The van der Waals surface area contributed by atoms with Gasteiger partial charge < -0.3 is 19.5 Å². The predicted octanol–water partition coefficient (Wildman–Crippen LogP) is 5.54. The first kappa shape index (κ1) is 35.4. The number of carbonyl (C=O) groups excluding carboxylic acids is 3. The number of rotatable bonds is 8. The average molecular weight is 708 g/mol. The maximum atomic E-state index is 12.6. The van der Waals surface area contributed by atoms with E-state index in [-0.39, 0.29) is 40.9 Å². The highest BCUT2D eigenvalue weighted by atomic mass is 16.5. The van der Waals surface area contributed by atoms with Gasteiger partial charge in [0.1, 0.15) is 11.4 Å². The molecule has 12 heteroatoms. The van der Waals surface area contributed by atoms with E-state index in [0.29, 0.717) is 24.2 Å². The molecule has 0 radical (unpaired) electrons. The van der Waals surface area contributed by atoms with Gasteiger partial charge in [0.05, 0.1) is 30.3 Å². The summed E-state index contributed by atoms with van der Waals surface area (Å²) in [5.74, 6) is 0.447. The molecular weight excluding hydrogens is 658 g/mol. The minimum atomic E-state index is -0.388. The number of benzene rings is 2. The fourth-order valence-electron chi connectivity index (χ4n) is 7.91. The number of aryl methyl sites for hydroxylation is 1. The van der Waals surface area contributed by atoms with E-state index in [1.54, 1.807) is 41.2 Å². The van der Waals surface area contributed by atoms with Crippen LogP contribution >= 0.6 is 0 Å². The lowest BCUT2D eigenvalue weighted by Gasteiger charge is -2.38. The van der Waals surface area contributed by atoms with Crippen molar-refractivity contribution < 1.29 is 19.1 Å². The number of fused-ring (bicyclic) bond motifs is 1. The second-order valence-corrected chi connectivity index (χ2v) is 14.7. The third-order valence-corrected chi connectivity index (χ3v) is 11.0. The molecule has 12 nitrogen and oxygen atoms in total. The summed E-state index contributed by atoms with van der Waals surface area (Å²) in [4.78, 5) is 53.8. The van der Waals surface area contributed by atoms with Crippen LogP contribution in [0.2, 0.25) is 0 Å². The minimum absolute atomic E-state index is 0.150. The van der Waals surface area contributed by atoms with Crippen molar-refractivity contribution in [3.8, 4) is 5.75 Å². The Hall–Kier alpha value is -4.97. The number of piperidine rings is 1. The van der Waals surface area contributed by atoms with Crippen molar-refractivity contribution in [1.29, 1.82) is 0 Å². The van der Waals surface area contributed by atoms with E-state index in [0.717, 1.165) is 67.0 Å². The minimum Gasteiger partial charge on any atom is -0.496 e. The van der Waals surface area contributed by atoms with Crippen LogP contribution in [-0.4, -0.2) is 77.2 Å². The highest BCUT2D eigenvalue weighted by Gasteiger charge is 2.30. The summed E-state index contributed by atoms with van der Waals surface area (Å²) in [5, 5.41) is 12.8.